The van der Waals surface area contributed by atoms with Gasteiger partial charge in [-0.2, -0.15) is 0 Å². The number of thioether (sulfide) groups is 1. The van der Waals surface area contributed by atoms with Gasteiger partial charge in [0.15, 0.2) is 16.7 Å². The minimum absolute atomic E-state index is 0.0264. The lowest BCUT2D eigenvalue weighted by Gasteiger charge is -2.18. The number of nitro benzene ring substituents is 1. The van der Waals surface area contributed by atoms with Crippen molar-refractivity contribution in [1.29, 1.82) is 0 Å². The highest BCUT2D eigenvalue weighted by atomic mass is 35.5. The van der Waals surface area contributed by atoms with Crippen LogP contribution in [0.4, 0.5) is 5.69 Å². The van der Waals surface area contributed by atoms with Crippen molar-refractivity contribution in [2.45, 2.75) is 30.9 Å². The summed E-state index contributed by atoms with van der Waals surface area (Å²) >= 11 is 7.77. The van der Waals surface area contributed by atoms with E-state index in [4.69, 9.17) is 21.1 Å². The van der Waals surface area contributed by atoms with Crippen molar-refractivity contribution in [2.75, 3.05) is 13.7 Å². The molecule has 13 heteroatoms. The van der Waals surface area contributed by atoms with Gasteiger partial charge < -0.3 is 9.47 Å². The predicted molar refractivity (Wildman–Crippen MR) is 147 cm³/mol. The molecule has 0 saturated carbocycles. The van der Waals surface area contributed by atoms with Gasteiger partial charge in [0.05, 0.1) is 17.1 Å². The van der Waals surface area contributed by atoms with Crippen molar-refractivity contribution in [3.05, 3.63) is 108 Å². The molecule has 0 aliphatic heterocycles. The molecule has 4 aromatic rings. The fourth-order valence-corrected chi connectivity index (χ4v) is 5.25. The number of rotatable bonds is 11. The zero-order valence-electron chi connectivity index (χ0n) is 21.2. The Morgan fingerprint density at radius 2 is 1.72 bits per heavy atom. The van der Waals surface area contributed by atoms with Gasteiger partial charge in [-0.05, 0) is 61.4 Å². The highest BCUT2D eigenvalue weighted by molar-refractivity contribution is 7.99. The summed E-state index contributed by atoms with van der Waals surface area (Å²) in [7, 11) is 1.45. The van der Waals surface area contributed by atoms with E-state index in [1.54, 1.807) is 24.3 Å². The Balaban J connectivity index is 1.62. The molecule has 11 nitrogen and oxygen atoms in total. The average Bonchev–Trinajstić information content (AvgIpc) is 3.27. The number of methoxy groups -OCH3 is 1. The summed E-state index contributed by atoms with van der Waals surface area (Å²) in [6.07, 6.45) is 0. The van der Waals surface area contributed by atoms with Gasteiger partial charge in [-0.25, -0.2) is 0 Å². The summed E-state index contributed by atoms with van der Waals surface area (Å²) in [5, 5.41) is 31.0. The minimum Gasteiger partial charge on any atom is -0.493 e. The van der Waals surface area contributed by atoms with Crippen LogP contribution < -0.4 is 9.47 Å². The number of hydrogen-bond donors (Lipinski definition) is 0. The molecule has 0 N–H and O–H groups in total. The maximum atomic E-state index is 11.6. The van der Waals surface area contributed by atoms with E-state index in [0.29, 0.717) is 27.9 Å². The van der Waals surface area contributed by atoms with E-state index in [0.717, 1.165) is 11.3 Å². The van der Waals surface area contributed by atoms with E-state index in [2.05, 4.69) is 10.2 Å². The lowest BCUT2D eigenvalue weighted by Crippen LogP contribution is -2.12. The summed E-state index contributed by atoms with van der Waals surface area (Å²) in [5.74, 6) is 1.20. The van der Waals surface area contributed by atoms with Crippen LogP contribution in [0.15, 0.2) is 65.8 Å². The molecule has 1 aromatic heterocycles. The first kappa shape index (κ1) is 27.9. The minimum atomic E-state index is -0.664. The molecule has 1 heterocycles. The summed E-state index contributed by atoms with van der Waals surface area (Å²) in [6.45, 7) is 3.49. The molecular formula is C26H24ClN5O6S. The molecule has 0 spiro atoms. The maximum Gasteiger partial charge on any atom is 0.269 e. The number of aryl methyl sites for hydroxylation is 2. The monoisotopic (exact) mass is 569 g/mol. The molecule has 0 aliphatic rings. The third kappa shape index (κ3) is 6.65. The largest absolute Gasteiger partial charge is 0.493 e. The van der Waals surface area contributed by atoms with E-state index in [-0.39, 0.29) is 23.1 Å². The van der Waals surface area contributed by atoms with Gasteiger partial charge in [0.2, 0.25) is 6.54 Å². The van der Waals surface area contributed by atoms with Crippen LogP contribution in [0.1, 0.15) is 27.8 Å². The molecule has 202 valence electrons. The van der Waals surface area contributed by atoms with Gasteiger partial charge in [-0.1, -0.05) is 41.1 Å². The Morgan fingerprint density at radius 1 is 1.03 bits per heavy atom. The molecule has 4 rings (SSSR count). The molecule has 39 heavy (non-hydrogen) atoms. The second-order valence-corrected chi connectivity index (χ2v) is 10.1. The molecule has 0 saturated heterocycles. The van der Waals surface area contributed by atoms with E-state index >= 15 is 0 Å². The Morgan fingerprint density at radius 3 is 2.33 bits per heavy atom. The van der Waals surface area contributed by atoms with Crippen molar-refractivity contribution in [3.8, 4) is 17.2 Å². The van der Waals surface area contributed by atoms with E-state index < -0.39 is 21.6 Å². The van der Waals surface area contributed by atoms with Crippen LogP contribution in [-0.4, -0.2) is 38.3 Å². The van der Waals surface area contributed by atoms with Crippen LogP contribution in [0.25, 0.3) is 5.69 Å². The molecular weight excluding hydrogens is 546 g/mol. The smallest absolute Gasteiger partial charge is 0.269 e. The number of benzene rings is 3. The lowest BCUT2D eigenvalue weighted by molar-refractivity contribution is -0.479. The standard InChI is InChI=1S/C26H24ClN5O6S/c1-16-4-8-20(9-5-16)31-17(2)28-29-26(31)39-24(14-30(33)34)19-12-22(27)25(23(13-19)37-3)38-15-18-6-10-21(11-7-18)32(35)36/h4-13,24H,14-15H2,1-3H3/t24-/m1/s1. The van der Waals surface area contributed by atoms with Crippen LogP contribution in [-0.2, 0) is 6.61 Å². The third-order valence-corrected chi connectivity index (χ3v) is 7.27. The summed E-state index contributed by atoms with van der Waals surface area (Å²) in [6, 6.07) is 17.0. The van der Waals surface area contributed by atoms with Crippen molar-refractivity contribution >= 4 is 29.1 Å². The molecule has 0 unspecified atom stereocenters. The van der Waals surface area contributed by atoms with Gasteiger partial charge >= 0.3 is 0 Å². The number of nitrogens with zero attached hydrogens (tertiary/aromatic N) is 5. The highest BCUT2D eigenvalue weighted by Gasteiger charge is 2.26. The Hall–Kier alpha value is -4.16. The third-order valence-electron chi connectivity index (χ3n) is 5.80. The van der Waals surface area contributed by atoms with Crippen LogP contribution in [0, 0.1) is 34.1 Å². The van der Waals surface area contributed by atoms with E-state index in [9.17, 15) is 20.2 Å². The molecule has 3 aromatic carbocycles. The van der Waals surface area contributed by atoms with Gasteiger partial charge in [0, 0.05) is 22.7 Å². The van der Waals surface area contributed by atoms with Crippen LogP contribution >= 0.6 is 23.4 Å². The molecule has 0 bridgehead atoms. The van der Waals surface area contributed by atoms with Crippen molar-refractivity contribution in [3.63, 3.8) is 0 Å². The molecule has 0 radical (unpaired) electrons. The zero-order chi connectivity index (χ0) is 28.1. The maximum absolute atomic E-state index is 11.6. The van der Waals surface area contributed by atoms with Gasteiger partial charge in [-0.3, -0.25) is 24.8 Å². The Kier molecular flexibility index (Phi) is 8.67. The van der Waals surface area contributed by atoms with Gasteiger partial charge in [0.1, 0.15) is 17.7 Å². The molecule has 1 atom stereocenters. The number of halogens is 1. The average molecular weight is 570 g/mol. The van der Waals surface area contributed by atoms with Gasteiger partial charge in [-0.15, -0.1) is 10.2 Å². The van der Waals surface area contributed by atoms with Crippen molar-refractivity contribution in [1.82, 2.24) is 14.8 Å². The summed E-state index contributed by atoms with van der Waals surface area (Å²) in [5.41, 5.74) is 3.16. The first-order valence-corrected chi connectivity index (χ1v) is 12.9. The molecule has 0 aliphatic carbocycles. The van der Waals surface area contributed by atoms with Gasteiger partial charge in [0.25, 0.3) is 5.69 Å². The second-order valence-electron chi connectivity index (χ2n) is 8.57. The quantitative estimate of drug-likeness (QED) is 0.118. The first-order chi connectivity index (χ1) is 18.7. The highest BCUT2D eigenvalue weighted by Crippen LogP contribution is 2.43. The number of hydrogen-bond acceptors (Lipinski definition) is 9. The topological polar surface area (TPSA) is 135 Å². The second kappa shape index (κ2) is 12.1. The fraction of sp³-hybridized carbons (Fsp3) is 0.231. The van der Waals surface area contributed by atoms with Crippen LogP contribution in [0.5, 0.6) is 11.5 Å². The lowest BCUT2D eigenvalue weighted by atomic mass is 10.1. The number of aromatic nitrogens is 3. The van der Waals surface area contributed by atoms with Crippen molar-refractivity contribution < 1.29 is 19.3 Å². The number of ether oxygens (including phenoxy) is 2. The summed E-state index contributed by atoms with van der Waals surface area (Å²) in [4.78, 5) is 21.6. The Bertz CT molecular complexity index is 1490. The fourth-order valence-electron chi connectivity index (χ4n) is 3.82. The summed E-state index contributed by atoms with van der Waals surface area (Å²) < 4.78 is 13.2. The SMILES string of the molecule is COc1cc([C@@H](C[N+](=O)[O-])Sc2nnc(C)n2-c2ccc(C)cc2)cc(Cl)c1OCc1ccc([N+](=O)[O-])cc1. The van der Waals surface area contributed by atoms with E-state index in [1.807, 2.05) is 42.7 Å². The normalized spacial score (nSPS) is 11.7. The zero-order valence-corrected chi connectivity index (χ0v) is 22.8. The first-order valence-electron chi connectivity index (χ1n) is 11.7. The van der Waals surface area contributed by atoms with Crippen molar-refractivity contribution in [2.24, 2.45) is 0 Å². The molecule has 0 amide bonds. The number of non-ortho nitro benzene ring substituents is 1. The molecule has 0 fully saturated rings. The van der Waals surface area contributed by atoms with E-state index in [1.165, 1.54) is 31.0 Å². The predicted octanol–water partition coefficient (Wildman–Crippen LogP) is 6.14. The van der Waals surface area contributed by atoms with Crippen LogP contribution in [0.3, 0.4) is 0 Å². The van der Waals surface area contributed by atoms with Crippen LogP contribution in [0.2, 0.25) is 5.02 Å². The number of nitro groups is 2. The Labute approximate surface area is 233 Å².